The van der Waals surface area contributed by atoms with Crippen LogP contribution in [-0.4, -0.2) is 21.7 Å². The summed E-state index contributed by atoms with van der Waals surface area (Å²) >= 11 is 2.88. The van der Waals surface area contributed by atoms with Crippen molar-refractivity contribution in [2.75, 3.05) is 11.5 Å². The lowest BCUT2D eigenvalue weighted by Gasteiger charge is -2.03. The van der Waals surface area contributed by atoms with Gasteiger partial charge < -0.3 is 0 Å². The van der Waals surface area contributed by atoms with Crippen molar-refractivity contribution < 1.29 is 18.7 Å². The second-order valence-corrected chi connectivity index (χ2v) is 10.7. The van der Waals surface area contributed by atoms with Crippen molar-refractivity contribution in [1.29, 1.82) is 0 Å². The van der Waals surface area contributed by atoms with Crippen molar-refractivity contribution in [3.05, 3.63) is 49.1 Å². The van der Waals surface area contributed by atoms with Gasteiger partial charge in [-0.25, -0.2) is 9.13 Å². The number of aromatic nitrogens is 2. The van der Waals surface area contributed by atoms with Gasteiger partial charge >= 0.3 is 0 Å². The molecule has 0 aliphatic carbocycles. The zero-order valence-electron chi connectivity index (χ0n) is 19.6. The van der Waals surface area contributed by atoms with E-state index in [1.807, 2.05) is 0 Å². The molecule has 0 aromatic carbocycles. The highest BCUT2D eigenvalue weighted by Gasteiger charge is 2.06. The van der Waals surface area contributed by atoms with Crippen LogP contribution in [0.15, 0.2) is 49.1 Å². The summed E-state index contributed by atoms with van der Waals surface area (Å²) in [7, 11) is 0. The maximum Gasteiger partial charge on any atom is 0.185 e. The molecule has 0 radical (unpaired) electrons. The molecule has 174 valence electrons. The molecule has 32 heavy (non-hydrogen) atoms. The fraction of sp³-hybridized carbons (Fsp3) is 0.538. The Morgan fingerprint density at radius 3 is 1.28 bits per heavy atom. The molecule has 0 saturated carbocycles. The zero-order chi connectivity index (χ0) is 23.0. The lowest BCUT2D eigenvalue weighted by Crippen LogP contribution is -2.33. The van der Waals surface area contributed by atoms with Crippen LogP contribution in [0.4, 0.5) is 0 Å². The van der Waals surface area contributed by atoms with Gasteiger partial charge in [0.15, 0.2) is 35.0 Å². The van der Waals surface area contributed by atoms with Gasteiger partial charge in [0.05, 0.1) is 0 Å². The van der Waals surface area contributed by atoms with Crippen molar-refractivity contribution in [3.8, 4) is 11.1 Å². The second-order valence-electron chi connectivity index (χ2n) is 8.16. The minimum atomic E-state index is 0.224. The van der Waals surface area contributed by atoms with E-state index < -0.39 is 0 Å². The Bertz CT molecular complexity index is 738. The Labute approximate surface area is 202 Å². The van der Waals surface area contributed by atoms with E-state index in [0.717, 1.165) is 37.4 Å². The summed E-state index contributed by atoms with van der Waals surface area (Å²) in [5.41, 5.74) is 2.50. The number of pyridine rings is 2. The molecule has 0 N–H and O–H groups in total. The van der Waals surface area contributed by atoms with Crippen molar-refractivity contribution >= 4 is 33.8 Å². The Hall–Kier alpha value is -1.66. The number of thioether (sulfide) groups is 2. The Kier molecular flexibility index (Phi) is 13.3. The number of rotatable bonds is 15. The highest BCUT2D eigenvalue weighted by Crippen LogP contribution is 2.16. The van der Waals surface area contributed by atoms with Crippen LogP contribution in [0.2, 0.25) is 0 Å². The number of nitrogens with zero attached hydrogens (tertiary/aromatic N) is 2. The Morgan fingerprint density at radius 1 is 0.594 bits per heavy atom. The molecule has 0 saturated heterocycles. The average molecular weight is 475 g/mol. The molecule has 4 nitrogen and oxygen atoms in total. The van der Waals surface area contributed by atoms with Crippen molar-refractivity contribution in [3.63, 3.8) is 0 Å². The number of hydrogen-bond acceptors (Lipinski definition) is 4. The van der Waals surface area contributed by atoms with Gasteiger partial charge in [0, 0.05) is 62.5 Å². The van der Waals surface area contributed by atoms with E-state index >= 15 is 0 Å². The van der Waals surface area contributed by atoms with E-state index in [0.29, 0.717) is 0 Å². The normalized spacial score (nSPS) is 10.9. The molecule has 2 aromatic heterocycles. The summed E-state index contributed by atoms with van der Waals surface area (Å²) in [4.78, 5) is 21.8. The largest absolute Gasteiger partial charge is 0.288 e. The molecule has 0 unspecified atom stereocenters. The summed E-state index contributed by atoms with van der Waals surface area (Å²) in [6, 6.07) is 8.79. The summed E-state index contributed by atoms with van der Waals surface area (Å²) in [5, 5.41) is 0.448. The highest BCUT2D eigenvalue weighted by atomic mass is 32.2. The lowest BCUT2D eigenvalue weighted by molar-refractivity contribution is -0.697. The first kappa shape index (κ1) is 26.6. The van der Waals surface area contributed by atoms with Gasteiger partial charge in [-0.1, -0.05) is 36.4 Å². The van der Waals surface area contributed by atoms with Gasteiger partial charge in [-0.05, 0) is 36.8 Å². The molecule has 0 atom stereocenters. The fourth-order valence-electron chi connectivity index (χ4n) is 3.53. The van der Waals surface area contributed by atoms with Crippen LogP contribution < -0.4 is 9.13 Å². The first-order valence-electron chi connectivity index (χ1n) is 11.8. The maximum absolute atomic E-state index is 10.9. The van der Waals surface area contributed by atoms with Crippen molar-refractivity contribution in [2.24, 2.45) is 0 Å². The smallest absolute Gasteiger partial charge is 0.185 e. The fourth-order valence-corrected chi connectivity index (χ4v) is 4.80. The third-order valence-corrected chi connectivity index (χ3v) is 7.15. The maximum atomic E-state index is 10.9. The third-order valence-electron chi connectivity index (χ3n) is 5.35. The first-order chi connectivity index (χ1) is 15.5. The van der Waals surface area contributed by atoms with Gasteiger partial charge in [0.2, 0.25) is 0 Å². The molecule has 2 heterocycles. The highest BCUT2D eigenvalue weighted by molar-refractivity contribution is 8.13. The number of carbonyl (C=O) groups is 2. The van der Waals surface area contributed by atoms with E-state index in [1.54, 1.807) is 13.8 Å². The predicted octanol–water partition coefficient (Wildman–Crippen LogP) is 5.61. The molecule has 0 aliphatic heterocycles. The zero-order valence-corrected chi connectivity index (χ0v) is 21.3. The summed E-state index contributed by atoms with van der Waals surface area (Å²) < 4.78 is 4.51. The van der Waals surface area contributed by atoms with Gasteiger partial charge in [0.1, 0.15) is 13.1 Å². The number of unbranched alkanes of at least 4 members (excludes halogenated alkanes) is 6. The Balaban J connectivity index is 1.64. The van der Waals surface area contributed by atoms with E-state index in [1.165, 1.54) is 73.2 Å². The second kappa shape index (κ2) is 16.0. The van der Waals surface area contributed by atoms with Gasteiger partial charge in [-0.15, -0.1) is 0 Å². The van der Waals surface area contributed by atoms with Crippen LogP contribution in [0.25, 0.3) is 11.1 Å². The molecule has 0 aliphatic rings. The van der Waals surface area contributed by atoms with Gasteiger partial charge in [0.25, 0.3) is 0 Å². The SMILES string of the molecule is CC(=O)SCCCCCC[n+]1ccc(-c2cc[n+](CCCCCCSC(C)=O)cc2)cc1. The first-order valence-corrected chi connectivity index (χ1v) is 13.8. The average Bonchev–Trinajstić information content (AvgIpc) is 2.78. The van der Waals surface area contributed by atoms with Crippen molar-refractivity contribution in [2.45, 2.75) is 78.3 Å². The molecule has 0 bridgehead atoms. The van der Waals surface area contributed by atoms with Crippen LogP contribution in [0.5, 0.6) is 0 Å². The molecule has 6 heteroatoms. The van der Waals surface area contributed by atoms with Gasteiger partial charge in [-0.3, -0.25) is 9.59 Å². The Morgan fingerprint density at radius 2 is 0.938 bits per heavy atom. The predicted molar refractivity (Wildman–Crippen MR) is 135 cm³/mol. The number of carbonyl (C=O) groups excluding carboxylic acids is 2. The monoisotopic (exact) mass is 474 g/mol. The summed E-state index contributed by atoms with van der Waals surface area (Å²) in [6.07, 6.45) is 18.1. The van der Waals surface area contributed by atoms with Crippen LogP contribution in [0.1, 0.15) is 65.2 Å². The van der Waals surface area contributed by atoms with E-state index in [4.69, 9.17) is 0 Å². The van der Waals surface area contributed by atoms with Crippen LogP contribution in [-0.2, 0) is 22.7 Å². The molecular weight excluding hydrogens is 436 g/mol. The third kappa shape index (κ3) is 11.8. The molecule has 0 fully saturated rings. The minimum Gasteiger partial charge on any atom is -0.288 e. The van der Waals surface area contributed by atoms with E-state index in [9.17, 15) is 9.59 Å². The van der Waals surface area contributed by atoms with E-state index in [-0.39, 0.29) is 10.2 Å². The topological polar surface area (TPSA) is 41.9 Å². The van der Waals surface area contributed by atoms with Crippen molar-refractivity contribution in [1.82, 2.24) is 0 Å². The molecule has 2 aromatic rings. The minimum absolute atomic E-state index is 0.224. The van der Waals surface area contributed by atoms with E-state index in [2.05, 4.69) is 58.2 Å². The molecular formula is C26H38N2O2S2+2. The summed E-state index contributed by atoms with van der Waals surface area (Å²) in [5.74, 6) is 1.91. The van der Waals surface area contributed by atoms with Gasteiger partial charge in [-0.2, -0.15) is 0 Å². The quantitative estimate of drug-likeness (QED) is 0.249. The summed E-state index contributed by atoms with van der Waals surface area (Å²) in [6.45, 7) is 5.37. The number of hydrogen-bond donors (Lipinski definition) is 0. The van der Waals surface area contributed by atoms with Crippen LogP contribution in [0.3, 0.4) is 0 Å². The van der Waals surface area contributed by atoms with Crippen LogP contribution >= 0.6 is 23.5 Å². The molecule has 0 amide bonds. The molecule has 2 rings (SSSR count). The lowest BCUT2D eigenvalue weighted by atomic mass is 10.1. The molecule has 0 spiro atoms. The standard InChI is InChI=1S/C26H38N2O2S2/c1-23(29)31-21-9-5-3-7-15-27-17-11-25(12-18-27)26-13-19-28(20-14-26)16-8-4-6-10-22-32-24(2)30/h11-14,17-20H,3-10,15-16,21-22H2,1-2H3/q+2. The number of aryl methyl sites for hydroxylation is 2. The van der Waals surface area contributed by atoms with Crippen LogP contribution in [0, 0.1) is 0 Å².